The Labute approximate surface area is 135 Å². The number of aromatic nitrogens is 1. The molecule has 0 spiro atoms. The van der Waals surface area contributed by atoms with E-state index in [4.69, 9.17) is 4.74 Å². The second-order valence-corrected chi connectivity index (χ2v) is 4.72. The van der Waals surface area contributed by atoms with Gasteiger partial charge in [0.15, 0.2) is 0 Å². The molecule has 1 aromatic carbocycles. The highest BCUT2D eigenvalue weighted by molar-refractivity contribution is 5.92. The van der Waals surface area contributed by atoms with Gasteiger partial charge in [-0.25, -0.2) is 4.79 Å². The molecule has 0 saturated heterocycles. The molecule has 23 heavy (non-hydrogen) atoms. The van der Waals surface area contributed by atoms with E-state index < -0.39 is 0 Å². The molecular formula is C18H18N2O3. The van der Waals surface area contributed by atoms with Gasteiger partial charge in [-0.2, -0.15) is 0 Å². The zero-order valence-electron chi connectivity index (χ0n) is 12.9. The van der Waals surface area contributed by atoms with Gasteiger partial charge in [0.05, 0.1) is 6.61 Å². The van der Waals surface area contributed by atoms with E-state index in [1.807, 2.05) is 24.3 Å². The standard InChI is InChI=1S/C18H18N2O3/c1-2-23-17(21)11-10-14-6-8-15(9-7-14)13-20-18(22)16-5-3-4-12-19-16/h3-12H,2,13H2,1H3,(H,20,22). The average molecular weight is 310 g/mol. The van der Waals surface area contributed by atoms with Crippen LogP contribution in [0.3, 0.4) is 0 Å². The first-order valence-electron chi connectivity index (χ1n) is 7.32. The van der Waals surface area contributed by atoms with Gasteiger partial charge in [0.25, 0.3) is 5.91 Å². The summed E-state index contributed by atoms with van der Waals surface area (Å²) in [4.78, 5) is 27.1. The Balaban J connectivity index is 1.88. The van der Waals surface area contributed by atoms with Crippen molar-refractivity contribution >= 4 is 18.0 Å². The van der Waals surface area contributed by atoms with Crippen molar-refractivity contribution in [3.63, 3.8) is 0 Å². The lowest BCUT2D eigenvalue weighted by Crippen LogP contribution is -2.23. The molecule has 2 rings (SSSR count). The Morgan fingerprint density at radius 2 is 1.96 bits per heavy atom. The summed E-state index contributed by atoms with van der Waals surface area (Å²) in [5.41, 5.74) is 2.24. The highest BCUT2D eigenvalue weighted by Gasteiger charge is 2.05. The van der Waals surface area contributed by atoms with Crippen LogP contribution in [0.1, 0.15) is 28.5 Å². The summed E-state index contributed by atoms with van der Waals surface area (Å²) in [6.45, 7) is 2.54. The molecule has 0 aliphatic rings. The second kappa shape index (κ2) is 8.48. The zero-order chi connectivity index (χ0) is 16.5. The normalized spacial score (nSPS) is 10.5. The lowest BCUT2D eigenvalue weighted by molar-refractivity contribution is -0.137. The number of pyridine rings is 1. The van der Waals surface area contributed by atoms with E-state index in [0.717, 1.165) is 11.1 Å². The molecule has 5 nitrogen and oxygen atoms in total. The van der Waals surface area contributed by atoms with E-state index in [9.17, 15) is 9.59 Å². The number of ether oxygens (including phenoxy) is 1. The highest BCUT2D eigenvalue weighted by Crippen LogP contribution is 2.07. The SMILES string of the molecule is CCOC(=O)C=Cc1ccc(CNC(=O)c2ccccn2)cc1. The van der Waals surface area contributed by atoms with E-state index >= 15 is 0 Å². The number of carbonyl (C=O) groups is 2. The predicted octanol–water partition coefficient (Wildman–Crippen LogP) is 2.59. The summed E-state index contributed by atoms with van der Waals surface area (Å²) in [6, 6.07) is 12.7. The summed E-state index contributed by atoms with van der Waals surface area (Å²) in [5.74, 6) is -0.573. The molecule has 1 N–H and O–H groups in total. The van der Waals surface area contributed by atoms with Crippen molar-refractivity contribution in [1.29, 1.82) is 0 Å². The van der Waals surface area contributed by atoms with Gasteiger partial charge in [-0.3, -0.25) is 9.78 Å². The Morgan fingerprint density at radius 1 is 1.17 bits per heavy atom. The van der Waals surface area contributed by atoms with Crippen LogP contribution in [0, 0.1) is 0 Å². The Bertz CT molecular complexity index is 679. The minimum absolute atomic E-state index is 0.211. The molecule has 0 aliphatic carbocycles. The van der Waals surface area contributed by atoms with Crippen LogP contribution in [0.25, 0.3) is 6.08 Å². The summed E-state index contributed by atoms with van der Waals surface area (Å²) >= 11 is 0. The molecule has 118 valence electrons. The molecule has 1 heterocycles. The fourth-order valence-electron chi connectivity index (χ4n) is 1.87. The van der Waals surface area contributed by atoms with Crippen molar-refractivity contribution in [2.45, 2.75) is 13.5 Å². The topological polar surface area (TPSA) is 68.3 Å². The minimum atomic E-state index is -0.362. The lowest BCUT2D eigenvalue weighted by atomic mass is 10.1. The largest absolute Gasteiger partial charge is 0.463 e. The predicted molar refractivity (Wildman–Crippen MR) is 87.5 cm³/mol. The summed E-state index contributed by atoms with van der Waals surface area (Å²) < 4.78 is 4.82. The van der Waals surface area contributed by atoms with Crippen LogP contribution in [0.5, 0.6) is 0 Å². The number of nitrogens with zero attached hydrogens (tertiary/aromatic N) is 1. The Kier molecular flexibility index (Phi) is 6.06. The van der Waals surface area contributed by atoms with Gasteiger partial charge < -0.3 is 10.1 Å². The number of benzene rings is 1. The smallest absolute Gasteiger partial charge is 0.330 e. The first-order chi connectivity index (χ1) is 11.2. The Morgan fingerprint density at radius 3 is 2.61 bits per heavy atom. The number of nitrogens with one attached hydrogen (secondary N) is 1. The molecule has 1 aromatic heterocycles. The third-order valence-corrected chi connectivity index (χ3v) is 3.03. The van der Waals surface area contributed by atoms with Crippen molar-refractivity contribution in [2.24, 2.45) is 0 Å². The second-order valence-electron chi connectivity index (χ2n) is 4.72. The fraction of sp³-hybridized carbons (Fsp3) is 0.167. The fourth-order valence-corrected chi connectivity index (χ4v) is 1.87. The number of carbonyl (C=O) groups excluding carboxylic acids is 2. The first kappa shape index (κ1) is 16.4. The maximum Gasteiger partial charge on any atom is 0.330 e. The van der Waals surface area contributed by atoms with Gasteiger partial charge in [0.2, 0.25) is 0 Å². The number of esters is 1. The van der Waals surface area contributed by atoms with E-state index in [1.54, 1.807) is 37.4 Å². The van der Waals surface area contributed by atoms with Crippen LogP contribution in [-0.4, -0.2) is 23.5 Å². The van der Waals surface area contributed by atoms with Crippen molar-refractivity contribution in [1.82, 2.24) is 10.3 Å². The first-order valence-corrected chi connectivity index (χ1v) is 7.32. The van der Waals surface area contributed by atoms with Gasteiger partial charge in [-0.05, 0) is 36.3 Å². The van der Waals surface area contributed by atoms with Crippen molar-refractivity contribution in [2.75, 3.05) is 6.61 Å². The highest BCUT2D eigenvalue weighted by atomic mass is 16.5. The van der Waals surface area contributed by atoms with Crippen molar-refractivity contribution < 1.29 is 14.3 Å². The molecule has 0 aliphatic heterocycles. The number of hydrogen-bond donors (Lipinski definition) is 1. The van der Waals surface area contributed by atoms with Gasteiger partial charge in [-0.1, -0.05) is 30.3 Å². The van der Waals surface area contributed by atoms with E-state index in [2.05, 4.69) is 10.3 Å². The molecule has 1 amide bonds. The number of hydrogen-bond acceptors (Lipinski definition) is 4. The van der Waals surface area contributed by atoms with Crippen LogP contribution in [0.2, 0.25) is 0 Å². The molecule has 0 fully saturated rings. The third kappa shape index (κ3) is 5.39. The number of rotatable bonds is 6. The quantitative estimate of drug-likeness (QED) is 0.658. The van der Waals surface area contributed by atoms with E-state index in [0.29, 0.717) is 18.8 Å². The van der Waals surface area contributed by atoms with Crippen molar-refractivity contribution in [3.8, 4) is 0 Å². The summed E-state index contributed by atoms with van der Waals surface area (Å²) in [5, 5.41) is 2.81. The average Bonchev–Trinajstić information content (AvgIpc) is 2.60. The maximum absolute atomic E-state index is 11.9. The minimum Gasteiger partial charge on any atom is -0.463 e. The van der Waals surface area contributed by atoms with Gasteiger partial charge in [0, 0.05) is 18.8 Å². The molecule has 5 heteroatoms. The zero-order valence-corrected chi connectivity index (χ0v) is 12.9. The van der Waals surface area contributed by atoms with Gasteiger partial charge in [0.1, 0.15) is 5.69 Å². The van der Waals surface area contributed by atoms with Gasteiger partial charge >= 0.3 is 5.97 Å². The molecule has 0 bridgehead atoms. The van der Waals surface area contributed by atoms with Crippen molar-refractivity contribution in [3.05, 3.63) is 71.6 Å². The molecule has 2 aromatic rings. The lowest BCUT2D eigenvalue weighted by Gasteiger charge is -2.05. The van der Waals surface area contributed by atoms with Crippen LogP contribution in [0.15, 0.2) is 54.7 Å². The molecule has 0 radical (unpaired) electrons. The molecule has 0 unspecified atom stereocenters. The Hall–Kier alpha value is -2.95. The van der Waals surface area contributed by atoms with E-state index in [-0.39, 0.29) is 11.9 Å². The molecule has 0 atom stereocenters. The van der Waals surface area contributed by atoms with E-state index in [1.165, 1.54) is 6.08 Å². The van der Waals surface area contributed by atoms with Crippen LogP contribution < -0.4 is 5.32 Å². The number of amides is 1. The molecule has 0 saturated carbocycles. The summed E-state index contributed by atoms with van der Waals surface area (Å²) in [6.07, 6.45) is 4.66. The third-order valence-electron chi connectivity index (χ3n) is 3.03. The van der Waals surface area contributed by atoms with Crippen LogP contribution >= 0.6 is 0 Å². The van der Waals surface area contributed by atoms with Gasteiger partial charge in [-0.15, -0.1) is 0 Å². The van der Waals surface area contributed by atoms with Crippen LogP contribution in [-0.2, 0) is 16.1 Å². The molecular weight excluding hydrogens is 292 g/mol. The maximum atomic E-state index is 11.9. The monoisotopic (exact) mass is 310 g/mol. The van der Waals surface area contributed by atoms with Crippen LogP contribution in [0.4, 0.5) is 0 Å². The summed E-state index contributed by atoms with van der Waals surface area (Å²) in [7, 11) is 0.